The van der Waals surface area contributed by atoms with Gasteiger partial charge in [0.2, 0.25) is 5.95 Å². The van der Waals surface area contributed by atoms with Crippen LogP contribution in [0.2, 0.25) is 0 Å². The summed E-state index contributed by atoms with van der Waals surface area (Å²) in [5.74, 6) is -0.133. The molecule has 110 valence electrons. The van der Waals surface area contributed by atoms with Gasteiger partial charge in [-0.05, 0) is 5.56 Å². The molecule has 0 spiro atoms. The summed E-state index contributed by atoms with van der Waals surface area (Å²) in [6, 6.07) is 9.18. The molecule has 7 nitrogen and oxygen atoms in total. The number of urea groups is 1. The van der Waals surface area contributed by atoms with Crippen LogP contribution in [0.4, 0.5) is 10.7 Å². The second-order valence-corrected chi connectivity index (χ2v) is 4.28. The summed E-state index contributed by atoms with van der Waals surface area (Å²) >= 11 is 0. The van der Waals surface area contributed by atoms with Gasteiger partial charge in [0.15, 0.2) is 0 Å². The van der Waals surface area contributed by atoms with Gasteiger partial charge in [0.1, 0.15) is 6.54 Å². The second-order valence-electron chi connectivity index (χ2n) is 4.28. The zero-order valence-electron chi connectivity index (χ0n) is 11.8. The Labute approximate surface area is 121 Å². The molecule has 1 aromatic carbocycles. The SMILES string of the molecule is COC(=O)CNC(=O)Nc1ncc(-c2ccccc2)n1C. The van der Waals surface area contributed by atoms with Crippen molar-refractivity contribution in [2.24, 2.45) is 7.05 Å². The first kappa shape index (κ1) is 14.6. The van der Waals surface area contributed by atoms with E-state index in [1.54, 1.807) is 17.8 Å². The lowest BCUT2D eigenvalue weighted by Crippen LogP contribution is -2.34. The van der Waals surface area contributed by atoms with Crippen molar-refractivity contribution in [2.45, 2.75) is 0 Å². The largest absolute Gasteiger partial charge is 0.468 e. The summed E-state index contributed by atoms with van der Waals surface area (Å²) in [5.41, 5.74) is 1.87. The highest BCUT2D eigenvalue weighted by atomic mass is 16.5. The van der Waals surface area contributed by atoms with Gasteiger partial charge in [-0.2, -0.15) is 0 Å². The highest BCUT2D eigenvalue weighted by molar-refractivity contribution is 5.90. The highest BCUT2D eigenvalue weighted by Gasteiger charge is 2.11. The Morgan fingerprint density at radius 3 is 2.67 bits per heavy atom. The first-order chi connectivity index (χ1) is 10.1. The lowest BCUT2D eigenvalue weighted by Gasteiger charge is -2.08. The van der Waals surface area contributed by atoms with Crippen LogP contribution in [0.5, 0.6) is 0 Å². The molecule has 2 amide bonds. The number of aromatic nitrogens is 2. The molecular formula is C14H16N4O3. The molecule has 0 radical (unpaired) electrons. The van der Waals surface area contributed by atoms with Gasteiger partial charge in [0.05, 0.1) is 19.0 Å². The predicted molar refractivity (Wildman–Crippen MR) is 77.7 cm³/mol. The van der Waals surface area contributed by atoms with Crippen molar-refractivity contribution in [1.82, 2.24) is 14.9 Å². The number of esters is 1. The quantitative estimate of drug-likeness (QED) is 0.832. The summed E-state index contributed by atoms with van der Waals surface area (Å²) in [6.45, 7) is -0.196. The number of methoxy groups -OCH3 is 1. The van der Waals surface area contributed by atoms with E-state index in [4.69, 9.17) is 0 Å². The molecule has 0 aliphatic rings. The van der Waals surface area contributed by atoms with Crippen molar-refractivity contribution < 1.29 is 14.3 Å². The zero-order valence-corrected chi connectivity index (χ0v) is 11.8. The van der Waals surface area contributed by atoms with Crippen LogP contribution < -0.4 is 10.6 Å². The number of carbonyl (C=O) groups is 2. The fraction of sp³-hybridized carbons (Fsp3) is 0.214. The fourth-order valence-corrected chi connectivity index (χ4v) is 1.77. The number of nitrogens with zero attached hydrogens (tertiary/aromatic N) is 2. The number of nitrogens with one attached hydrogen (secondary N) is 2. The van der Waals surface area contributed by atoms with Crippen molar-refractivity contribution in [3.8, 4) is 11.3 Å². The average molecular weight is 288 g/mol. The summed E-state index contributed by atoms with van der Waals surface area (Å²) in [4.78, 5) is 26.7. The van der Waals surface area contributed by atoms with E-state index < -0.39 is 12.0 Å². The molecule has 0 saturated heterocycles. The van der Waals surface area contributed by atoms with Crippen LogP contribution in [0.25, 0.3) is 11.3 Å². The van der Waals surface area contributed by atoms with Gasteiger partial charge in [-0.15, -0.1) is 0 Å². The lowest BCUT2D eigenvalue weighted by atomic mass is 10.2. The minimum atomic E-state index is -0.520. The zero-order chi connectivity index (χ0) is 15.2. The van der Waals surface area contributed by atoms with Crippen LogP contribution in [0.1, 0.15) is 0 Å². The number of carbonyl (C=O) groups excluding carboxylic acids is 2. The number of ether oxygens (including phenoxy) is 1. The number of hydrogen-bond donors (Lipinski definition) is 2. The molecule has 7 heteroatoms. The van der Waals surface area contributed by atoms with Gasteiger partial charge in [-0.25, -0.2) is 9.78 Å². The number of rotatable bonds is 4. The van der Waals surface area contributed by atoms with Gasteiger partial charge in [-0.1, -0.05) is 30.3 Å². The van der Waals surface area contributed by atoms with Gasteiger partial charge in [0, 0.05) is 7.05 Å². The van der Waals surface area contributed by atoms with Crippen LogP contribution in [0, 0.1) is 0 Å². The molecule has 0 unspecified atom stereocenters. The predicted octanol–water partition coefficient (Wildman–Crippen LogP) is 1.38. The number of imidazole rings is 1. The summed E-state index contributed by atoms with van der Waals surface area (Å²) in [5, 5.41) is 4.95. The molecule has 0 aliphatic heterocycles. The smallest absolute Gasteiger partial charge is 0.325 e. The maximum absolute atomic E-state index is 11.6. The molecule has 2 rings (SSSR count). The van der Waals surface area contributed by atoms with E-state index in [9.17, 15) is 9.59 Å². The normalized spacial score (nSPS) is 10.0. The first-order valence-electron chi connectivity index (χ1n) is 6.30. The monoisotopic (exact) mass is 288 g/mol. The Kier molecular flexibility index (Phi) is 4.55. The van der Waals surface area contributed by atoms with E-state index in [0.29, 0.717) is 5.95 Å². The molecule has 0 saturated carbocycles. The first-order valence-corrected chi connectivity index (χ1v) is 6.30. The number of amides is 2. The van der Waals surface area contributed by atoms with Crippen molar-refractivity contribution in [3.05, 3.63) is 36.5 Å². The Morgan fingerprint density at radius 2 is 2.00 bits per heavy atom. The van der Waals surface area contributed by atoms with Gasteiger partial charge < -0.3 is 14.6 Å². The third-order valence-electron chi connectivity index (χ3n) is 2.90. The van der Waals surface area contributed by atoms with E-state index in [1.165, 1.54) is 7.11 Å². The third kappa shape index (κ3) is 3.59. The van der Waals surface area contributed by atoms with Crippen molar-refractivity contribution in [2.75, 3.05) is 19.0 Å². The minimum absolute atomic E-state index is 0.196. The van der Waals surface area contributed by atoms with Crippen LogP contribution in [-0.4, -0.2) is 35.2 Å². The summed E-state index contributed by atoms with van der Waals surface area (Å²) in [7, 11) is 3.05. The molecule has 2 N–H and O–H groups in total. The Hall–Kier alpha value is -2.83. The molecule has 2 aromatic rings. The topological polar surface area (TPSA) is 85.2 Å². The maximum Gasteiger partial charge on any atom is 0.325 e. The van der Waals surface area contributed by atoms with E-state index in [-0.39, 0.29) is 6.54 Å². The summed E-state index contributed by atoms with van der Waals surface area (Å²) in [6.07, 6.45) is 1.67. The number of benzene rings is 1. The Balaban J connectivity index is 2.04. The van der Waals surface area contributed by atoms with Crippen LogP contribution in [0.3, 0.4) is 0 Å². The standard InChI is InChI=1S/C14H16N4O3/c1-18-11(10-6-4-3-5-7-10)8-15-13(18)17-14(20)16-9-12(19)21-2/h3-8H,9H2,1-2H3,(H2,15,16,17,20). The van der Waals surface area contributed by atoms with Crippen molar-refractivity contribution in [3.63, 3.8) is 0 Å². The average Bonchev–Trinajstić information content (AvgIpc) is 2.86. The maximum atomic E-state index is 11.6. The van der Waals surface area contributed by atoms with Crippen LogP contribution >= 0.6 is 0 Å². The number of hydrogen-bond acceptors (Lipinski definition) is 4. The second kappa shape index (κ2) is 6.56. The van der Waals surface area contributed by atoms with Crippen molar-refractivity contribution >= 4 is 17.9 Å². The summed E-state index contributed by atoms with van der Waals surface area (Å²) < 4.78 is 6.19. The van der Waals surface area contributed by atoms with Crippen LogP contribution in [0.15, 0.2) is 36.5 Å². The molecule has 0 atom stereocenters. The lowest BCUT2D eigenvalue weighted by molar-refractivity contribution is -0.139. The van der Waals surface area contributed by atoms with E-state index in [0.717, 1.165) is 11.3 Å². The van der Waals surface area contributed by atoms with E-state index in [2.05, 4.69) is 20.4 Å². The Bertz CT molecular complexity index is 637. The van der Waals surface area contributed by atoms with Crippen LogP contribution in [-0.2, 0) is 16.6 Å². The molecule has 0 bridgehead atoms. The number of anilines is 1. The highest BCUT2D eigenvalue weighted by Crippen LogP contribution is 2.21. The molecule has 1 heterocycles. The minimum Gasteiger partial charge on any atom is -0.468 e. The molecule has 21 heavy (non-hydrogen) atoms. The Morgan fingerprint density at radius 1 is 1.29 bits per heavy atom. The molecule has 1 aromatic heterocycles. The molecular weight excluding hydrogens is 272 g/mol. The molecule has 0 aliphatic carbocycles. The van der Waals surface area contributed by atoms with E-state index in [1.807, 2.05) is 30.3 Å². The fourth-order valence-electron chi connectivity index (χ4n) is 1.77. The van der Waals surface area contributed by atoms with Gasteiger partial charge >= 0.3 is 12.0 Å². The van der Waals surface area contributed by atoms with E-state index >= 15 is 0 Å². The third-order valence-corrected chi connectivity index (χ3v) is 2.90. The van der Waals surface area contributed by atoms with Gasteiger partial charge in [0.25, 0.3) is 0 Å². The van der Waals surface area contributed by atoms with Gasteiger partial charge in [-0.3, -0.25) is 10.1 Å². The molecule has 0 fully saturated rings. The van der Waals surface area contributed by atoms with Crippen molar-refractivity contribution in [1.29, 1.82) is 0 Å².